The van der Waals surface area contributed by atoms with Gasteiger partial charge < -0.3 is 14.8 Å². The monoisotopic (exact) mass is 304 g/mol. The van der Waals surface area contributed by atoms with Crippen LogP contribution in [0, 0.1) is 0 Å². The Kier molecular flexibility index (Phi) is 4.27. The van der Waals surface area contributed by atoms with Crippen LogP contribution in [0.1, 0.15) is 16.8 Å². The molecular formula is C16H17ClN2O2. The molecule has 1 aliphatic heterocycles. The summed E-state index contributed by atoms with van der Waals surface area (Å²) in [5.41, 5.74) is 3.12. The summed E-state index contributed by atoms with van der Waals surface area (Å²) in [4.78, 5) is 4.33. The van der Waals surface area contributed by atoms with Crippen LogP contribution in [0.2, 0.25) is 5.02 Å². The van der Waals surface area contributed by atoms with Crippen LogP contribution in [-0.4, -0.2) is 18.6 Å². The van der Waals surface area contributed by atoms with Gasteiger partial charge in [0.25, 0.3) is 0 Å². The van der Waals surface area contributed by atoms with E-state index in [1.54, 1.807) is 6.20 Å². The van der Waals surface area contributed by atoms with Crippen molar-refractivity contribution in [1.82, 2.24) is 10.3 Å². The third-order valence-corrected chi connectivity index (χ3v) is 3.59. The number of hydrogen-bond donors (Lipinski definition) is 1. The van der Waals surface area contributed by atoms with Gasteiger partial charge in [-0.25, -0.2) is 0 Å². The third kappa shape index (κ3) is 3.28. The number of benzene rings is 1. The van der Waals surface area contributed by atoms with Crippen molar-refractivity contribution in [3.05, 3.63) is 52.3 Å². The fourth-order valence-electron chi connectivity index (χ4n) is 2.40. The van der Waals surface area contributed by atoms with Gasteiger partial charge in [0.15, 0.2) is 0 Å². The SMILES string of the molecule is CNCc1ccc(OCc2cc(Cl)cc3c2OCC3)cn1. The molecule has 0 radical (unpaired) electrons. The van der Waals surface area contributed by atoms with Crippen molar-refractivity contribution in [2.24, 2.45) is 0 Å². The lowest BCUT2D eigenvalue weighted by atomic mass is 10.1. The van der Waals surface area contributed by atoms with Crippen molar-refractivity contribution in [2.75, 3.05) is 13.7 Å². The molecule has 2 heterocycles. The van der Waals surface area contributed by atoms with Crippen molar-refractivity contribution in [2.45, 2.75) is 19.6 Å². The van der Waals surface area contributed by atoms with Crippen molar-refractivity contribution in [1.29, 1.82) is 0 Å². The number of rotatable bonds is 5. The first kappa shape index (κ1) is 14.2. The molecule has 1 N–H and O–H groups in total. The Morgan fingerprint density at radius 1 is 1.38 bits per heavy atom. The minimum Gasteiger partial charge on any atom is -0.493 e. The summed E-state index contributed by atoms with van der Waals surface area (Å²) in [7, 11) is 1.89. The summed E-state index contributed by atoms with van der Waals surface area (Å²) < 4.78 is 11.4. The number of aromatic nitrogens is 1. The highest BCUT2D eigenvalue weighted by atomic mass is 35.5. The second-order valence-electron chi connectivity index (χ2n) is 4.96. The molecule has 1 aromatic heterocycles. The van der Waals surface area contributed by atoms with Gasteiger partial charge in [-0.2, -0.15) is 0 Å². The Bertz CT molecular complexity index is 629. The summed E-state index contributed by atoms with van der Waals surface area (Å²) in [6, 6.07) is 7.73. The molecule has 0 amide bonds. The fourth-order valence-corrected chi connectivity index (χ4v) is 2.66. The van der Waals surface area contributed by atoms with E-state index in [0.717, 1.165) is 46.3 Å². The van der Waals surface area contributed by atoms with Gasteiger partial charge in [-0.3, -0.25) is 4.98 Å². The molecule has 0 aliphatic carbocycles. The Labute approximate surface area is 129 Å². The van der Waals surface area contributed by atoms with Crippen molar-refractivity contribution < 1.29 is 9.47 Å². The van der Waals surface area contributed by atoms with Crippen molar-refractivity contribution >= 4 is 11.6 Å². The molecule has 5 heteroatoms. The molecule has 2 aromatic rings. The van der Waals surface area contributed by atoms with Gasteiger partial charge in [-0.1, -0.05) is 11.6 Å². The van der Waals surface area contributed by atoms with Gasteiger partial charge in [-0.05, 0) is 36.9 Å². The Morgan fingerprint density at radius 3 is 3.05 bits per heavy atom. The maximum atomic E-state index is 6.14. The third-order valence-electron chi connectivity index (χ3n) is 3.38. The number of pyridine rings is 1. The molecule has 0 spiro atoms. The van der Waals surface area contributed by atoms with Gasteiger partial charge in [0.1, 0.15) is 18.1 Å². The van der Waals surface area contributed by atoms with Gasteiger partial charge >= 0.3 is 0 Å². The Balaban J connectivity index is 1.70. The first-order valence-corrected chi connectivity index (χ1v) is 7.30. The number of nitrogens with one attached hydrogen (secondary N) is 1. The molecule has 110 valence electrons. The maximum absolute atomic E-state index is 6.14. The minimum absolute atomic E-state index is 0.427. The van der Waals surface area contributed by atoms with Gasteiger partial charge in [0.2, 0.25) is 0 Å². The van der Waals surface area contributed by atoms with E-state index in [9.17, 15) is 0 Å². The lowest BCUT2D eigenvalue weighted by molar-refractivity contribution is 0.291. The fraction of sp³-hybridized carbons (Fsp3) is 0.312. The number of halogens is 1. The van der Waals surface area contributed by atoms with Crippen molar-refractivity contribution in [3.63, 3.8) is 0 Å². The summed E-state index contributed by atoms with van der Waals surface area (Å²) in [6.45, 7) is 1.88. The lowest BCUT2D eigenvalue weighted by Crippen LogP contribution is -2.06. The summed E-state index contributed by atoms with van der Waals surface area (Å²) in [5, 5.41) is 3.78. The highest BCUT2D eigenvalue weighted by molar-refractivity contribution is 6.30. The quantitative estimate of drug-likeness (QED) is 0.922. The predicted molar refractivity (Wildman–Crippen MR) is 82.0 cm³/mol. The molecule has 0 saturated carbocycles. The lowest BCUT2D eigenvalue weighted by Gasteiger charge is -2.11. The van der Waals surface area contributed by atoms with E-state index in [1.807, 2.05) is 31.3 Å². The first-order valence-electron chi connectivity index (χ1n) is 6.92. The zero-order valence-electron chi connectivity index (χ0n) is 11.9. The number of ether oxygens (including phenoxy) is 2. The summed E-state index contributed by atoms with van der Waals surface area (Å²) in [6.07, 6.45) is 2.64. The van der Waals surface area contributed by atoms with Crippen LogP contribution >= 0.6 is 11.6 Å². The molecule has 1 aliphatic rings. The van der Waals surface area contributed by atoms with E-state index in [1.165, 1.54) is 0 Å². The molecule has 3 rings (SSSR count). The molecule has 4 nitrogen and oxygen atoms in total. The first-order chi connectivity index (χ1) is 10.3. The molecule has 0 saturated heterocycles. The Morgan fingerprint density at radius 2 is 2.29 bits per heavy atom. The van der Waals surface area contributed by atoms with Crippen LogP contribution in [0.3, 0.4) is 0 Å². The smallest absolute Gasteiger partial charge is 0.138 e. The molecule has 1 aromatic carbocycles. The van der Waals surface area contributed by atoms with E-state index < -0.39 is 0 Å². The van der Waals surface area contributed by atoms with Gasteiger partial charge in [0.05, 0.1) is 18.5 Å². The molecule has 0 unspecified atom stereocenters. The standard InChI is InChI=1S/C16H17ClN2O2/c1-18-8-14-2-3-15(9-19-14)21-10-12-7-13(17)6-11-4-5-20-16(11)12/h2-3,6-7,9,18H,4-5,8,10H2,1H3. The highest BCUT2D eigenvalue weighted by Crippen LogP contribution is 2.33. The summed E-state index contributed by atoms with van der Waals surface area (Å²) >= 11 is 6.14. The van der Waals surface area contributed by atoms with Crippen molar-refractivity contribution in [3.8, 4) is 11.5 Å². The van der Waals surface area contributed by atoms with E-state index >= 15 is 0 Å². The van der Waals surface area contributed by atoms with E-state index in [4.69, 9.17) is 21.1 Å². The molecular weight excluding hydrogens is 288 g/mol. The molecule has 0 fully saturated rings. The van der Waals surface area contributed by atoms with Crippen LogP contribution in [0.15, 0.2) is 30.5 Å². The van der Waals surface area contributed by atoms with E-state index in [-0.39, 0.29) is 0 Å². The second kappa shape index (κ2) is 6.33. The van der Waals surface area contributed by atoms with E-state index in [2.05, 4.69) is 10.3 Å². The number of hydrogen-bond acceptors (Lipinski definition) is 4. The van der Waals surface area contributed by atoms with Crippen LogP contribution in [0.4, 0.5) is 0 Å². The zero-order chi connectivity index (χ0) is 14.7. The second-order valence-corrected chi connectivity index (χ2v) is 5.39. The Hall–Kier alpha value is -1.78. The average Bonchev–Trinajstić information content (AvgIpc) is 2.94. The molecule has 0 atom stereocenters. The van der Waals surface area contributed by atoms with Gasteiger partial charge in [0, 0.05) is 23.6 Å². The topological polar surface area (TPSA) is 43.4 Å². The van der Waals surface area contributed by atoms with Crippen LogP contribution in [0.5, 0.6) is 11.5 Å². The average molecular weight is 305 g/mol. The normalized spacial score (nSPS) is 12.9. The largest absolute Gasteiger partial charge is 0.493 e. The van der Waals surface area contributed by atoms with Crippen LogP contribution in [-0.2, 0) is 19.6 Å². The molecule has 0 bridgehead atoms. The molecule has 21 heavy (non-hydrogen) atoms. The number of fused-ring (bicyclic) bond motifs is 1. The van der Waals surface area contributed by atoms with Gasteiger partial charge in [-0.15, -0.1) is 0 Å². The highest BCUT2D eigenvalue weighted by Gasteiger charge is 2.17. The van der Waals surface area contributed by atoms with Crippen LogP contribution in [0.25, 0.3) is 0 Å². The maximum Gasteiger partial charge on any atom is 0.138 e. The minimum atomic E-state index is 0.427. The van der Waals surface area contributed by atoms with Crippen LogP contribution < -0.4 is 14.8 Å². The van der Waals surface area contributed by atoms with E-state index in [0.29, 0.717) is 13.2 Å². The predicted octanol–water partition coefficient (Wildman–Crippen LogP) is 2.97. The number of nitrogens with zero attached hydrogens (tertiary/aromatic N) is 1. The summed E-state index contributed by atoms with van der Waals surface area (Å²) in [5.74, 6) is 1.65. The zero-order valence-corrected chi connectivity index (χ0v) is 12.6.